The SMILES string of the molecule is CCC1COCCN1S(=O)(=O)c1ccc(F)c(CO)c1. The molecule has 1 atom stereocenters. The van der Waals surface area contributed by atoms with Crippen LogP contribution in [-0.4, -0.2) is 43.6 Å². The predicted molar refractivity (Wildman–Crippen MR) is 71.1 cm³/mol. The maximum atomic E-state index is 13.4. The molecule has 1 aromatic rings. The van der Waals surface area contributed by atoms with Crippen LogP contribution >= 0.6 is 0 Å². The first-order valence-electron chi connectivity index (χ1n) is 6.49. The van der Waals surface area contributed by atoms with Gasteiger partial charge in [0, 0.05) is 18.2 Å². The van der Waals surface area contributed by atoms with E-state index in [4.69, 9.17) is 9.84 Å². The molecule has 1 aliphatic rings. The maximum absolute atomic E-state index is 13.4. The molecule has 1 aliphatic heterocycles. The number of aliphatic hydroxyl groups is 1. The Balaban J connectivity index is 2.38. The molecule has 1 aromatic carbocycles. The summed E-state index contributed by atoms with van der Waals surface area (Å²) in [5.41, 5.74) is -0.0209. The number of benzene rings is 1. The number of morpholine rings is 1. The standard InChI is InChI=1S/C13H18FNO4S/c1-2-11-9-19-6-5-15(11)20(17,18)12-3-4-13(14)10(7-12)8-16/h3-4,7,11,16H,2,5-6,8-9H2,1H3. The second-order valence-corrected chi connectivity index (χ2v) is 6.55. The van der Waals surface area contributed by atoms with Gasteiger partial charge >= 0.3 is 0 Å². The quantitative estimate of drug-likeness (QED) is 0.905. The molecular weight excluding hydrogens is 285 g/mol. The summed E-state index contributed by atoms with van der Waals surface area (Å²) in [6, 6.07) is 3.27. The Kier molecular flexibility index (Phi) is 4.74. The van der Waals surface area contributed by atoms with Gasteiger partial charge in [-0.05, 0) is 24.6 Å². The Morgan fingerprint density at radius 2 is 2.25 bits per heavy atom. The van der Waals surface area contributed by atoms with Crippen LogP contribution in [0, 0.1) is 5.82 Å². The summed E-state index contributed by atoms with van der Waals surface area (Å²) in [5, 5.41) is 9.05. The molecule has 1 heterocycles. The molecule has 1 fully saturated rings. The third kappa shape index (κ3) is 2.85. The van der Waals surface area contributed by atoms with Crippen molar-refractivity contribution >= 4 is 10.0 Å². The van der Waals surface area contributed by atoms with Gasteiger partial charge in [-0.1, -0.05) is 6.92 Å². The van der Waals surface area contributed by atoms with Crippen LogP contribution in [0.1, 0.15) is 18.9 Å². The highest BCUT2D eigenvalue weighted by Gasteiger charge is 2.33. The van der Waals surface area contributed by atoms with Gasteiger partial charge in [0.2, 0.25) is 10.0 Å². The molecule has 0 spiro atoms. The minimum Gasteiger partial charge on any atom is -0.392 e. The number of hydrogen-bond donors (Lipinski definition) is 1. The van der Waals surface area contributed by atoms with Crippen LogP contribution in [0.15, 0.2) is 23.1 Å². The van der Waals surface area contributed by atoms with Gasteiger partial charge in [0.15, 0.2) is 0 Å². The van der Waals surface area contributed by atoms with Crippen LogP contribution < -0.4 is 0 Å². The third-order valence-corrected chi connectivity index (χ3v) is 5.39. The van der Waals surface area contributed by atoms with Crippen LogP contribution in [0.4, 0.5) is 4.39 Å². The summed E-state index contributed by atoms with van der Waals surface area (Å²) in [7, 11) is -3.70. The molecule has 112 valence electrons. The summed E-state index contributed by atoms with van der Waals surface area (Å²) in [5.74, 6) is -0.611. The number of ether oxygens (including phenoxy) is 1. The van der Waals surface area contributed by atoms with Gasteiger partial charge in [0.25, 0.3) is 0 Å². The van der Waals surface area contributed by atoms with Crippen molar-refractivity contribution in [3.8, 4) is 0 Å². The van der Waals surface area contributed by atoms with E-state index in [1.807, 2.05) is 6.92 Å². The van der Waals surface area contributed by atoms with Gasteiger partial charge in [-0.15, -0.1) is 0 Å². The summed E-state index contributed by atoms with van der Waals surface area (Å²) in [6.07, 6.45) is 0.646. The first-order valence-corrected chi connectivity index (χ1v) is 7.93. The van der Waals surface area contributed by atoms with Crippen molar-refractivity contribution in [2.75, 3.05) is 19.8 Å². The van der Waals surface area contributed by atoms with E-state index in [2.05, 4.69) is 0 Å². The van der Waals surface area contributed by atoms with E-state index < -0.39 is 22.4 Å². The normalized spacial score (nSPS) is 21.1. The summed E-state index contributed by atoms with van der Waals surface area (Å²) < 4.78 is 45.2. The lowest BCUT2D eigenvalue weighted by Crippen LogP contribution is -2.48. The molecule has 0 bridgehead atoms. The predicted octanol–water partition coefficient (Wildman–Crippen LogP) is 1.12. The van der Waals surface area contributed by atoms with Gasteiger partial charge < -0.3 is 9.84 Å². The molecule has 1 unspecified atom stereocenters. The van der Waals surface area contributed by atoms with Crippen LogP contribution in [0.5, 0.6) is 0 Å². The first kappa shape index (κ1) is 15.4. The van der Waals surface area contributed by atoms with Crippen molar-refractivity contribution in [2.45, 2.75) is 30.9 Å². The van der Waals surface area contributed by atoms with Crippen molar-refractivity contribution < 1.29 is 22.7 Å². The van der Waals surface area contributed by atoms with Gasteiger partial charge in [0.05, 0.1) is 24.7 Å². The topological polar surface area (TPSA) is 66.8 Å². The van der Waals surface area contributed by atoms with E-state index in [0.717, 1.165) is 6.07 Å². The first-order chi connectivity index (χ1) is 9.50. The molecule has 7 heteroatoms. The van der Waals surface area contributed by atoms with Gasteiger partial charge in [-0.2, -0.15) is 4.31 Å². The van der Waals surface area contributed by atoms with Crippen molar-refractivity contribution in [1.29, 1.82) is 0 Å². The molecule has 1 saturated heterocycles. The molecule has 0 radical (unpaired) electrons. The fraction of sp³-hybridized carbons (Fsp3) is 0.538. The van der Waals surface area contributed by atoms with Gasteiger partial charge in [-0.3, -0.25) is 0 Å². The van der Waals surface area contributed by atoms with E-state index in [0.29, 0.717) is 19.6 Å². The molecule has 20 heavy (non-hydrogen) atoms. The largest absolute Gasteiger partial charge is 0.392 e. The van der Waals surface area contributed by atoms with Crippen LogP contribution in [0.2, 0.25) is 0 Å². The Morgan fingerprint density at radius 3 is 2.90 bits per heavy atom. The number of aliphatic hydroxyl groups excluding tert-OH is 1. The molecule has 5 nitrogen and oxygen atoms in total. The zero-order valence-corrected chi connectivity index (χ0v) is 12.1. The van der Waals surface area contributed by atoms with Crippen LogP contribution in [-0.2, 0) is 21.4 Å². The Morgan fingerprint density at radius 1 is 1.50 bits per heavy atom. The minimum atomic E-state index is -3.70. The summed E-state index contributed by atoms with van der Waals surface area (Å²) in [4.78, 5) is 0.00306. The van der Waals surface area contributed by atoms with E-state index in [9.17, 15) is 12.8 Å². The highest BCUT2D eigenvalue weighted by molar-refractivity contribution is 7.89. The zero-order chi connectivity index (χ0) is 14.8. The fourth-order valence-electron chi connectivity index (χ4n) is 2.25. The van der Waals surface area contributed by atoms with Gasteiger partial charge in [-0.25, -0.2) is 12.8 Å². The Hall–Kier alpha value is -1.02. The molecule has 1 N–H and O–H groups in total. The summed E-state index contributed by atoms with van der Waals surface area (Å²) in [6.45, 7) is 2.36. The van der Waals surface area contributed by atoms with Crippen LogP contribution in [0.25, 0.3) is 0 Å². The lowest BCUT2D eigenvalue weighted by Gasteiger charge is -2.34. The zero-order valence-electron chi connectivity index (χ0n) is 11.3. The number of sulfonamides is 1. The van der Waals surface area contributed by atoms with Gasteiger partial charge in [0.1, 0.15) is 5.82 Å². The number of nitrogens with zero attached hydrogens (tertiary/aromatic N) is 1. The van der Waals surface area contributed by atoms with E-state index in [1.165, 1.54) is 16.4 Å². The Bertz CT molecular complexity index is 576. The van der Waals surface area contributed by atoms with E-state index in [-0.39, 0.29) is 23.0 Å². The monoisotopic (exact) mass is 303 g/mol. The second-order valence-electron chi connectivity index (χ2n) is 4.66. The molecule has 0 aromatic heterocycles. The van der Waals surface area contributed by atoms with Crippen molar-refractivity contribution in [2.24, 2.45) is 0 Å². The van der Waals surface area contributed by atoms with Crippen molar-refractivity contribution in [3.05, 3.63) is 29.6 Å². The van der Waals surface area contributed by atoms with Crippen molar-refractivity contribution in [1.82, 2.24) is 4.31 Å². The van der Waals surface area contributed by atoms with E-state index >= 15 is 0 Å². The number of hydrogen-bond acceptors (Lipinski definition) is 4. The molecule has 2 rings (SSSR count). The lowest BCUT2D eigenvalue weighted by molar-refractivity contribution is 0.0314. The minimum absolute atomic E-state index is 0.00306. The molecule has 0 aliphatic carbocycles. The molecular formula is C13H18FNO4S. The second kappa shape index (κ2) is 6.17. The Labute approximate surface area is 118 Å². The van der Waals surface area contributed by atoms with Crippen molar-refractivity contribution in [3.63, 3.8) is 0 Å². The smallest absolute Gasteiger partial charge is 0.243 e. The fourth-order valence-corrected chi connectivity index (χ4v) is 3.96. The average Bonchev–Trinajstić information content (AvgIpc) is 2.47. The maximum Gasteiger partial charge on any atom is 0.243 e. The third-order valence-electron chi connectivity index (χ3n) is 3.44. The highest BCUT2D eigenvalue weighted by Crippen LogP contribution is 2.23. The molecule has 0 amide bonds. The highest BCUT2D eigenvalue weighted by atomic mass is 32.2. The number of halogens is 1. The summed E-state index contributed by atoms with van der Waals surface area (Å²) >= 11 is 0. The average molecular weight is 303 g/mol. The molecule has 0 saturated carbocycles. The van der Waals surface area contributed by atoms with E-state index in [1.54, 1.807) is 0 Å². The lowest BCUT2D eigenvalue weighted by atomic mass is 10.2. The number of rotatable bonds is 4. The van der Waals surface area contributed by atoms with Crippen LogP contribution in [0.3, 0.4) is 0 Å².